The van der Waals surface area contributed by atoms with Crippen LogP contribution in [0.5, 0.6) is 0 Å². The zero-order valence-corrected chi connectivity index (χ0v) is 23.4. The fourth-order valence-electron chi connectivity index (χ4n) is 4.10. The van der Waals surface area contributed by atoms with E-state index in [4.69, 9.17) is 16.8 Å². The lowest BCUT2D eigenvalue weighted by Gasteiger charge is -2.21. The highest BCUT2D eigenvalue weighted by atomic mass is 35.5. The standard InChI is InChI=1S/C29H23ClN5O5S/c1-16(2)17-5-11-21(12-6-17)34-27(37)24(30)25(28(34)38)31-20-9-3-19(4-10-20)26(36)33-29-32-23(15-41-29)18-7-13-22(14-8-18)35(39)40/h3-16,31,39H,1-2H3,(H,32,33,36)/q-1. The third-order valence-corrected chi connectivity index (χ3v) is 7.48. The molecule has 5 rings (SSSR count). The number of amides is 3. The van der Waals surface area contributed by atoms with Crippen LogP contribution >= 0.6 is 22.9 Å². The summed E-state index contributed by atoms with van der Waals surface area (Å²) in [6.45, 7) is 4.11. The maximum absolute atomic E-state index is 13.1. The highest BCUT2D eigenvalue weighted by Crippen LogP contribution is 2.31. The predicted octanol–water partition coefficient (Wildman–Crippen LogP) is 6.31. The second kappa shape index (κ2) is 11.5. The number of halogens is 1. The number of nitrogens with one attached hydrogen (secondary N) is 2. The SMILES string of the molecule is CC(C)c1ccc(N2C(=O)C(Cl)=C(Nc3ccc(C(=O)Nc4nc(-c5ccc(N([O-])O)cc5)cs4)cc3)C2=O)cc1. The molecule has 10 nitrogen and oxygen atoms in total. The first kappa shape index (κ1) is 28.0. The van der Waals surface area contributed by atoms with Gasteiger partial charge in [-0.1, -0.05) is 49.7 Å². The Bertz CT molecular complexity index is 1650. The normalized spacial score (nSPS) is 13.3. The van der Waals surface area contributed by atoms with Gasteiger partial charge in [0.1, 0.15) is 10.7 Å². The third kappa shape index (κ3) is 5.83. The van der Waals surface area contributed by atoms with E-state index < -0.39 is 17.7 Å². The second-order valence-electron chi connectivity index (χ2n) is 9.40. The van der Waals surface area contributed by atoms with Crippen LogP contribution in [0.4, 0.5) is 22.2 Å². The molecule has 41 heavy (non-hydrogen) atoms. The molecule has 3 aromatic carbocycles. The number of benzene rings is 3. The van der Waals surface area contributed by atoms with Crippen LogP contribution in [0, 0.1) is 5.21 Å². The van der Waals surface area contributed by atoms with Crippen LogP contribution in [-0.4, -0.2) is 27.9 Å². The molecule has 208 valence electrons. The fraction of sp³-hybridized carbons (Fsp3) is 0.103. The van der Waals surface area contributed by atoms with Crippen molar-refractivity contribution in [2.24, 2.45) is 0 Å². The molecule has 0 saturated heterocycles. The molecular weight excluding hydrogens is 566 g/mol. The van der Waals surface area contributed by atoms with Crippen molar-refractivity contribution in [2.45, 2.75) is 19.8 Å². The largest absolute Gasteiger partial charge is 0.733 e. The number of rotatable bonds is 8. The molecule has 1 aliphatic heterocycles. The van der Waals surface area contributed by atoms with Gasteiger partial charge in [-0.25, -0.2) is 9.88 Å². The molecule has 3 N–H and O–H groups in total. The van der Waals surface area contributed by atoms with Crippen LogP contribution in [0.25, 0.3) is 11.3 Å². The Labute approximate surface area is 244 Å². The zero-order chi connectivity index (χ0) is 29.3. The van der Waals surface area contributed by atoms with Crippen molar-refractivity contribution in [3.05, 3.63) is 105 Å². The number of carbonyl (C=O) groups is 3. The minimum atomic E-state index is -0.619. The van der Waals surface area contributed by atoms with Gasteiger partial charge in [0.05, 0.1) is 17.1 Å². The first-order valence-corrected chi connectivity index (χ1v) is 13.7. The van der Waals surface area contributed by atoms with E-state index in [1.54, 1.807) is 53.9 Å². The topological polar surface area (TPSA) is 138 Å². The average Bonchev–Trinajstić information content (AvgIpc) is 3.51. The molecule has 4 aromatic rings. The maximum atomic E-state index is 13.1. The van der Waals surface area contributed by atoms with Gasteiger partial charge in [-0.2, -0.15) is 0 Å². The summed E-state index contributed by atoms with van der Waals surface area (Å²) in [5.74, 6) is -1.28. The van der Waals surface area contributed by atoms with Gasteiger partial charge in [-0.05, 0) is 60.0 Å². The Kier molecular flexibility index (Phi) is 7.86. The molecule has 0 fully saturated rings. The number of aromatic nitrogens is 1. The molecule has 0 unspecified atom stereocenters. The summed E-state index contributed by atoms with van der Waals surface area (Å²) in [5.41, 5.74) is 3.66. The fourth-order valence-corrected chi connectivity index (χ4v) is 5.02. The van der Waals surface area contributed by atoms with Gasteiger partial charge >= 0.3 is 0 Å². The Morgan fingerprint density at radius 3 is 2.27 bits per heavy atom. The summed E-state index contributed by atoms with van der Waals surface area (Å²) in [6.07, 6.45) is 0. The van der Waals surface area contributed by atoms with Crippen LogP contribution in [0.15, 0.2) is 88.9 Å². The number of nitrogens with zero attached hydrogens (tertiary/aromatic N) is 3. The van der Waals surface area contributed by atoms with Gasteiger partial charge in [0.15, 0.2) is 5.13 Å². The Balaban J connectivity index is 1.23. The lowest BCUT2D eigenvalue weighted by molar-refractivity contribution is -0.120. The molecular formula is C29H23ClN5O5S-. The van der Waals surface area contributed by atoms with E-state index in [0.717, 1.165) is 10.5 Å². The van der Waals surface area contributed by atoms with E-state index in [2.05, 4.69) is 29.5 Å². The van der Waals surface area contributed by atoms with Gasteiger partial charge in [-0.3, -0.25) is 24.9 Å². The van der Waals surface area contributed by atoms with Crippen LogP contribution < -0.4 is 20.8 Å². The maximum Gasteiger partial charge on any atom is 0.283 e. The Morgan fingerprint density at radius 1 is 1.00 bits per heavy atom. The molecule has 1 aliphatic rings. The van der Waals surface area contributed by atoms with Gasteiger partial charge in [0.25, 0.3) is 17.7 Å². The molecule has 12 heteroatoms. The van der Waals surface area contributed by atoms with Crippen LogP contribution in [-0.2, 0) is 9.59 Å². The molecule has 0 bridgehead atoms. The third-order valence-electron chi connectivity index (χ3n) is 6.37. The average molecular weight is 589 g/mol. The van der Waals surface area contributed by atoms with Gasteiger partial charge in [-0.15, -0.1) is 11.3 Å². The minimum Gasteiger partial charge on any atom is -0.733 e. The van der Waals surface area contributed by atoms with Crippen molar-refractivity contribution in [2.75, 3.05) is 20.8 Å². The van der Waals surface area contributed by atoms with E-state index >= 15 is 0 Å². The molecule has 0 aliphatic carbocycles. The van der Waals surface area contributed by atoms with Gasteiger partial charge < -0.3 is 15.8 Å². The molecule has 2 heterocycles. The Morgan fingerprint density at radius 2 is 1.66 bits per heavy atom. The van der Waals surface area contributed by atoms with E-state index in [1.807, 2.05) is 12.1 Å². The molecule has 1 aromatic heterocycles. The van der Waals surface area contributed by atoms with E-state index in [1.165, 1.54) is 23.5 Å². The highest BCUT2D eigenvalue weighted by Gasteiger charge is 2.39. The molecule has 0 saturated carbocycles. The van der Waals surface area contributed by atoms with Gasteiger partial charge in [0.2, 0.25) is 0 Å². The lowest BCUT2D eigenvalue weighted by Crippen LogP contribution is -2.32. The lowest BCUT2D eigenvalue weighted by atomic mass is 10.0. The molecule has 0 radical (unpaired) electrons. The van der Waals surface area contributed by atoms with Crippen molar-refractivity contribution in [1.82, 2.24) is 4.98 Å². The van der Waals surface area contributed by atoms with Crippen molar-refractivity contribution in [3.8, 4) is 11.3 Å². The van der Waals surface area contributed by atoms with Crippen LogP contribution in [0.3, 0.4) is 0 Å². The summed E-state index contributed by atoms with van der Waals surface area (Å²) in [5, 5.41) is 27.3. The van der Waals surface area contributed by atoms with E-state index in [-0.39, 0.29) is 21.6 Å². The number of thiazole rings is 1. The van der Waals surface area contributed by atoms with Crippen molar-refractivity contribution in [3.63, 3.8) is 0 Å². The number of carbonyl (C=O) groups excluding carboxylic acids is 3. The van der Waals surface area contributed by atoms with Crippen molar-refractivity contribution >= 4 is 62.9 Å². The van der Waals surface area contributed by atoms with E-state index in [9.17, 15) is 19.6 Å². The number of hydrogen-bond donors (Lipinski definition) is 3. The van der Waals surface area contributed by atoms with Crippen LogP contribution in [0.2, 0.25) is 0 Å². The number of hydrogen-bond acceptors (Lipinski definition) is 9. The first-order valence-electron chi connectivity index (χ1n) is 12.4. The summed E-state index contributed by atoms with van der Waals surface area (Å²) in [7, 11) is 0. The highest BCUT2D eigenvalue weighted by molar-refractivity contribution is 7.14. The predicted molar refractivity (Wildman–Crippen MR) is 159 cm³/mol. The monoisotopic (exact) mass is 588 g/mol. The number of imide groups is 1. The van der Waals surface area contributed by atoms with Gasteiger partial charge in [0, 0.05) is 22.2 Å². The smallest absolute Gasteiger partial charge is 0.283 e. The zero-order valence-electron chi connectivity index (χ0n) is 21.8. The molecule has 3 amide bonds. The van der Waals surface area contributed by atoms with Crippen LogP contribution in [0.1, 0.15) is 35.7 Å². The number of anilines is 4. The quantitative estimate of drug-likeness (QED) is 0.161. The summed E-state index contributed by atoms with van der Waals surface area (Å²) in [4.78, 5) is 44.1. The van der Waals surface area contributed by atoms with Crippen molar-refractivity contribution in [1.29, 1.82) is 0 Å². The molecule has 0 atom stereocenters. The Hall–Kier alpha value is -4.55. The molecule has 0 spiro atoms. The van der Waals surface area contributed by atoms with E-state index in [0.29, 0.717) is 39.2 Å². The first-order chi connectivity index (χ1) is 19.6. The van der Waals surface area contributed by atoms with Crippen molar-refractivity contribution < 1.29 is 19.6 Å². The summed E-state index contributed by atoms with van der Waals surface area (Å²) in [6, 6.07) is 19.7. The summed E-state index contributed by atoms with van der Waals surface area (Å²) < 4.78 is 0. The minimum absolute atomic E-state index is 0.0490. The summed E-state index contributed by atoms with van der Waals surface area (Å²) >= 11 is 7.48. The second-order valence-corrected chi connectivity index (χ2v) is 10.6.